The lowest BCUT2D eigenvalue weighted by molar-refractivity contribution is 0.380. The van der Waals surface area contributed by atoms with Crippen LogP contribution >= 0.6 is 0 Å². The van der Waals surface area contributed by atoms with Gasteiger partial charge in [0, 0.05) is 18.3 Å². The average Bonchev–Trinajstić information content (AvgIpc) is 2.78. The Morgan fingerprint density at radius 3 is 3.13 bits per heavy atom. The molecule has 15 heavy (non-hydrogen) atoms. The van der Waals surface area contributed by atoms with E-state index in [1.807, 2.05) is 12.5 Å². The summed E-state index contributed by atoms with van der Waals surface area (Å²) < 4.78 is 2.32. The summed E-state index contributed by atoms with van der Waals surface area (Å²) in [5.41, 5.74) is 1.36. The molecule has 1 aromatic rings. The van der Waals surface area contributed by atoms with Gasteiger partial charge in [-0.1, -0.05) is 13.3 Å². The number of hydrogen-bond acceptors (Lipinski definition) is 2. The van der Waals surface area contributed by atoms with E-state index in [9.17, 15) is 0 Å². The SMILES string of the molecule is CCC(C)n1cncc1C1CCCCN1. The molecule has 1 saturated heterocycles. The molecule has 1 aromatic heterocycles. The number of aromatic nitrogens is 2. The topological polar surface area (TPSA) is 29.9 Å². The first-order valence-electron chi connectivity index (χ1n) is 6.08. The zero-order valence-electron chi connectivity index (χ0n) is 9.74. The molecule has 2 atom stereocenters. The van der Waals surface area contributed by atoms with Crippen molar-refractivity contribution in [2.45, 2.75) is 51.6 Å². The lowest BCUT2D eigenvalue weighted by Gasteiger charge is -2.26. The van der Waals surface area contributed by atoms with E-state index in [4.69, 9.17) is 0 Å². The molecule has 2 rings (SSSR count). The number of nitrogens with one attached hydrogen (secondary N) is 1. The minimum atomic E-state index is 0.523. The van der Waals surface area contributed by atoms with Gasteiger partial charge in [0.25, 0.3) is 0 Å². The van der Waals surface area contributed by atoms with Crippen LogP contribution in [0.1, 0.15) is 57.3 Å². The summed E-state index contributed by atoms with van der Waals surface area (Å²) in [6.07, 6.45) is 9.06. The third kappa shape index (κ3) is 2.23. The largest absolute Gasteiger partial charge is 0.330 e. The van der Waals surface area contributed by atoms with Crippen molar-refractivity contribution in [1.82, 2.24) is 14.9 Å². The van der Waals surface area contributed by atoms with Crippen molar-refractivity contribution in [1.29, 1.82) is 0 Å². The van der Waals surface area contributed by atoms with Crippen molar-refractivity contribution in [2.24, 2.45) is 0 Å². The molecule has 0 spiro atoms. The van der Waals surface area contributed by atoms with Crippen molar-refractivity contribution < 1.29 is 0 Å². The first-order chi connectivity index (χ1) is 7.33. The fraction of sp³-hybridized carbons (Fsp3) is 0.750. The van der Waals surface area contributed by atoms with Crippen molar-refractivity contribution in [3.05, 3.63) is 18.2 Å². The fourth-order valence-electron chi connectivity index (χ4n) is 2.25. The third-order valence-corrected chi connectivity index (χ3v) is 3.43. The molecular weight excluding hydrogens is 186 g/mol. The van der Waals surface area contributed by atoms with Gasteiger partial charge < -0.3 is 9.88 Å². The summed E-state index contributed by atoms with van der Waals surface area (Å²) in [6, 6.07) is 1.08. The highest BCUT2D eigenvalue weighted by Gasteiger charge is 2.19. The van der Waals surface area contributed by atoms with Crippen LogP contribution < -0.4 is 5.32 Å². The van der Waals surface area contributed by atoms with Crippen LogP contribution in [0.5, 0.6) is 0 Å². The summed E-state index contributed by atoms with van der Waals surface area (Å²) in [5.74, 6) is 0. The van der Waals surface area contributed by atoms with Crippen molar-refractivity contribution in [2.75, 3.05) is 6.54 Å². The number of piperidine rings is 1. The van der Waals surface area contributed by atoms with Gasteiger partial charge in [0.2, 0.25) is 0 Å². The molecule has 0 aromatic carbocycles. The second-order valence-corrected chi connectivity index (χ2v) is 4.49. The van der Waals surface area contributed by atoms with E-state index in [0.717, 1.165) is 13.0 Å². The molecule has 2 unspecified atom stereocenters. The van der Waals surface area contributed by atoms with Gasteiger partial charge in [-0.05, 0) is 32.7 Å². The number of rotatable bonds is 3. The highest BCUT2D eigenvalue weighted by Crippen LogP contribution is 2.25. The first kappa shape index (κ1) is 10.7. The van der Waals surface area contributed by atoms with Crippen molar-refractivity contribution in [3.63, 3.8) is 0 Å². The second-order valence-electron chi connectivity index (χ2n) is 4.49. The molecule has 0 radical (unpaired) electrons. The van der Waals surface area contributed by atoms with Crippen molar-refractivity contribution in [3.8, 4) is 0 Å². The summed E-state index contributed by atoms with van der Waals surface area (Å²) in [5, 5.41) is 3.58. The zero-order valence-corrected chi connectivity index (χ0v) is 9.74. The molecule has 3 heteroatoms. The lowest BCUT2D eigenvalue weighted by atomic mass is 10.0. The van der Waals surface area contributed by atoms with E-state index >= 15 is 0 Å². The first-order valence-corrected chi connectivity index (χ1v) is 6.08. The maximum atomic E-state index is 4.29. The molecule has 1 aliphatic heterocycles. The van der Waals surface area contributed by atoms with E-state index in [1.165, 1.54) is 25.0 Å². The Balaban J connectivity index is 2.15. The van der Waals surface area contributed by atoms with Gasteiger partial charge in [0.1, 0.15) is 0 Å². The van der Waals surface area contributed by atoms with E-state index in [1.54, 1.807) is 0 Å². The Kier molecular flexibility index (Phi) is 3.41. The fourth-order valence-corrected chi connectivity index (χ4v) is 2.25. The molecule has 1 N–H and O–H groups in total. The van der Waals surface area contributed by atoms with Crippen LogP contribution in [-0.4, -0.2) is 16.1 Å². The van der Waals surface area contributed by atoms with Gasteiger partial charge in [0.05, 0.1) is 12.0 Å². The molecule has 0 bridgehead atoms. The van der Waals surface area contributed by atoms with Gasteiger partial charge in [-0.3, -0.25) is 0 Å². The minimum absolute atomic E-state index is 0.523. The predicted octanol–water partition coefficient (Wildman–Crippen LogP) is 2.67. The van der Waals surface area contributed by atoms with Gasteiger partial charge in [-0.25, -0.2) is 4.98 Å². The molecule has 1 fully saturated rings. The molecule has 2 heterocycles. The highest BCUT2D eigenvalue weighted by atomic mass is 15.1. The molecule has 0 saturated carbocycles. The van der Waals surface area contributed by atoms with Gasteiger partial charge in [0.15, 0.2) is 0 Å². The molecular formula is C12H21N3. The Labute approximate surface area is 91.9 Å². The number of nitrogens with zero attached hydrogens (tertiary/aromatic N) is 2. The summed E-state index contributed by atoms with van der Waals surface area (Å²) in [6.45, 7) is 5.63. The van der Waals surface area contributed by atoms with Crippen LogP contribution in [0.2, 0.25) is 0 Å². The normalized spacial score (nSPS) is 24.0. The van der Waals surface area contributed by atoms with Crippen LogP contribution in [0, 0.1) is 0 Å². The molecule has 84 valence electrons. The van der Waals surface area contributed by atoms with Gasteiger partial charge >= 0.3 is 0 Å². The minimum Gasteiger partial charge on any atom is -0.330 e. The quantitative estimate of drug-likeness (QED) is 0.825. The number of hydrogen-bond donors (Lipinski definition) is 1. The maximum absolute atomic E-state index is 4.29. The van der Waals surface area contributed by atoms with Crippen LogP contribution in [-0.2, 0) is 0 Å². The summed E-state index contributed by atoms with van der Waals surface area (Å²) in [7, 11) is 0. The third-order valence-electron chi connectivity index (χ3n) is 3.43. The Morgan fingerprint density at radius 1 is 1.60 bits per heavy atom. The van der Waals surface area contributed by atoms with Gasteiger partial charge in [-0.15, -0.1) is 0 Å². The van der Waals surface area contributed by atoms with E-state index in [-0.39, 0.29) is 0 Å². The number of imidazole rings is 1. The molecule has 0 aliphatic carbocycles. The standard InChI is InChI=1S/C12H21N3/c1-3-10(2)15-9-13-8-12(15)11-6-4-5-7-14-11/h8-11,14H,3-7H2,1-2H3. The maximum Gasteiger partial charge on any atom is 0.0951 e. The monoisotopic (exact) mass is 207 g/mol. The smallest absolute Gasteiger partial charge is 0.0951 e. The zero-order chi connectivity index (χ0) is 10.7. The van der Waals surface area contributed by atoms with Crippen LogP contribution in [0.4, 0.5) is 0 Å². The van der Waals surface area contributed by atoms with E-state index in [0.29, 0.717) is 12.1 Å². The van der Waals surface area contributed by atoms with Crippen molar-refractivity contribution >= 4 is 0 Å². The van der Waals surface area contributed by atoms with E-state index in [2.05, 4.69) is 28.7 Å². The predicted molar refractivity (Wildman–Crippen MR) is 61.8 cm³/mol. The summed E-state index contributed by atoms with van der Waals surface area (Å²) >= 11 is 0. The van der Waals surface area contributed by atoms with Crippen LogP contribution in [0.25, 0.3) is 0 Å². The lowest BCUT2D eigenvalue weighted by Crippen LogP contribution is -2.29. The van der Waals surface area contributed by atoms with Crippen LogP contribution in [0.15, 0.2) is 12.5 Å². The van der Waals surface area contributed by atoms with E-state index < -0.39 is 0 Å². The Hall–Kier alpha value is -0.830. The molecule has 1 aliphatic rings. The molecule has 0 amide bonds. The average molecular weight is 207 g/mol. The molecule has 3 nitrogen and oxygen atoms in total. The second kappa shape index (κ2) is 4.79. The van der Waals surface area contributed by atoms with Gasteiger partial charge in [-0.2, -0.15) is 0 Å². The van der Waals surface area contributed by atoms with Crippen LogP contribution in [0.3, 0.4) is 0 Å². The highest BCUT2D eigenvalue weighted by molar-refractivity contribution is 5.07. The summed E-state index contributed by atoms with van der Waals surface area (Å²) in [4.78, 5) is 4.29. The Bertz CT molecular complexity index is 300. The Morgan fingerprint density at radius 2 is 2.47 bits per heavy atom.